The molecule has 3 N–H and O–H groups in total. The van der Waals surface area contributed by atoms with E-state index in [4.69, 9.17) is 5.73 Å². The van der Waals surface area contributed by atoms with Gasteiger partial charge in [-0.15, -0.1) is 0 Å². The fourth-order valence-corrected chi connectivity index (χ4v) is 2.04. The van der Waals surface area contributed by atoms with Gasteiger partial charge in [-0.3, -0.25) is 4.79 Å². The SMILES string of the molecule is Nc1ccccc1C(=O)NCc1ccsc1. The molecule has 0 fully saturated rings. The van der Waals surface area contributed by atoms with Crippen LogP contribution in [-0.2, 0) is 6.54 Å². The van der Waals surface area contributed by atoms with Gasteiger partial charge >= 0.3 is 0 Å². The molecule has 82 valence electrons. The number of thiophene rings is 1. The van der Waals surface area contributed by atoms with Crippen LogP contribution >= 0.6 is 11.3 Å². The Hall–Kier alpha value is -1.81. The molecule has 0 aliphatic heterocycles. The van der Waals surface area contributed by atoms with Crippen LogP contribution in [-0.4, -0.2) is 5.91 Å². The average molecular weight is 232 g/mol. The van der Waals surface area contributed by atoms with Gasteiger partial charge in [0.2, 0.25) is 0 Å². The maximum Gasteiger partial charge on any atom is 0.253 e. The van der Waals surface area contributed by atoms with E-state index in [1.165, 1.54) is 0 Å². The fraction of sp³-hybridized carbons (Fsp3) is 0.0833. The highest BCUT2D eigenvalue weighted by Crippen LogP contribution is 2.11. The molecule has 0 bridgehead atoms. The number of nitrogen functional groups attached to an aromatic ring is 1. The van der Waals surface area contributed by atoms with Crippen LogP contribution in [0.25, 0.3) is 0 Å². The number of hydrogen-bond acceptors (Lipinski definition) is 3. The monoisotopic (exact) mass is 232 g/mol. The highest BCUT2D eigenvalue weighted by atomic mass is 32.1. The van der Waals surface area contributed by atoms with Crippen molar-refractivity contribution in [2.75, 3.05) is 5.73 Å². The van der Waals surface area contributed by atoms with E-state index in [9.17, 15) is 4.79 Å². The summed E-state index contributed by atoms with van der Waals surface area (Å²) in [6, 6.07) is 9.04. The van der Waals surface area contributed by atoms with Crippen LogP contribution in [0.5, 0.6) is 0 Å². The molecule has 0 radical (unpaired) electrons. The highest BCUT2D eigenvalue weighted by Gasteiger charge is 2.07. The third-order valence-corrected chi connectivity index (χ3v) is 2.97. The second-order valence-corrected chi connectivity index (χ2v) is 4.18. The molecular formula is C12H12N2OS. The molecule has 1 heterocycles. The molecule has 1 aromatic carbocycles. The van der Waals surface area contributed by atoms with Gasteiger partial charge in [-0.2, -0.15) is 11.3 Å². The molecule has 2 rings (SSSR count). The standard InChI is InChI=1S/C12H12N2OS/c13-11-4-2-1-3-10(11)12(15)14-7-9-5-6-16-8-9/h1-6,8H,7,13H2,(H,14,15). The number of amides is 1. The maximum atomic E-state index is 11.8. The Kier molecular flexibility index (Phi) is 3.22. The van der Waals surface area contributed by atoms with Crippen LogP contribution in [0.15, 0.2) is 41.1 Å². The van der Waals surface area contributed by atoms with Gasteiger partial charge in [0.25, 0.3) is 5.91 Å². The lowest BCUT2D eigenvalue weighted by Crippen LogP contribution is -2.23. The first-order valence-corrected chi connectivity index (χ1v) is 5.85. The molecule has 1 amide bonds. The topological polar surface area (TPSA) is 55.1 Å². The van der Waals surface area contributed by atoms with Crippen molar-refractivity contribution >= 4 is 22.9 Å². The minimum Gasteiger partial charge on any atom is -0.398 e. The van der Waals surface area contributed by atoms with Gasteiger partial charge in [0.1, 0.15) is 0 Å². The molecule has 0 aliphatic carbocycles. The number of carbonyl (C=O) groups is 1. The van der Waals surface area contributed by atoms with Gasteiger partial charge in [0.15, 0.2) is 0 Å². The molecule has 3 nitrogen and oxygen atoms in total. The fourth-order valence-electron chi connectivity index (χ4n) is 1.37. The Morgan fingerprint density at radius 3 is 2.81 bits per heavy atom. The molecule has 0 saturated carbocycles. The summed E-state index contributed by atoms with van der Waals surface area (Å²) in [5.74, 6) is -0.135. The molecule has 4 heteroatoms. The van der Waals surface area contributed by atoms with Crippen molar-refractivity contribution < 1.29 is 4.79 Å². The molecule has 2 aromatic rings. The number of anilines is 1. The number of hydrogen-bond donors (Lipinski definition) is 2. The summed E-state index contributed by atoms with van der Waals surface area (Å²) in [5.41, 5.74) is 7.85. The van der Waals surface area contributed by atoms with Crippen molar-refractivity contribution in [1.29, 1.82) is 0 Å². The normalized spacial score (nSPS) is 10.0. The zero-order chi connectivity index (χ0) is 11.4. The van der Waals surface area contributed by atoms with Crippen LogP contribution in [0, 0.1) is 0 Å². The average Bonchev–Trinajstić information content (AvgIpc) is 2.79. The summed E-state index contributed by atoms with van der Waals surface area (Å²) in [4.78, 5) is 11.8. The second kappa shape index (κ2) is 4.81. The van der Waals surface area contributed by atoms with Gasteiger partial charge in [-0.25, -0.2) is 0 Å². The predicted molar refractivity (Wildman–Crippen MR) is 66.3 cm³/mol. The van der Waals surface area contributed by atoms with Crippen LogP contribution in [0.2, 0.25) is 0 Å². The van der Waals surface area contributed by atoms with Crippen LogP contribution < -0.4 is 11.1 Å². The van der Waals surface area contributed by atoms with Crippen LogP contribution in [0.3, 0.4) is 0 Å². The van der Waals surface area contributed by atoms with Gasteiger partial charge in [-0.1, -0.05) is 12.1 Å². The maximum absolute atomic E-state index is 11.8. The van der Waals surface area contributed by atoms with E-state index < -0.39 is 0 Å². The van der Waals surface area contributed by atoms with Crippen molar-refractivity contribution in [1.82, 2.24) is 5.32 Å². The van der Waals surface area contributed by atoms with Crippen molar-refractivity contribution in [2.45, 2.75) is 6.54 Å². The molecule has 0 unspecified atom stereocenters. The number of nitrogens with two attached hydrogens (primary N) is 1. The summed E-state index contributed by atoms with van der Waals surface area (Å²) < 4.78 is 0. The Bertz CT molecular complexity index is 480. The van der Waals surface area contributed by atoms with E-state index in [0.29, 0.717) is 17.8 Å². The van der Waals surface area contributed by atoms with E-state index in [2.05, 4.69) is 5.32 Å². The van der Waals surface area contributed by atoms with Crippen LogP contribution in [0.1, 0.15) is 15.9 Å². The van der Waals surface area contributed by atoms with Crippen molar-refractivity contribution in [2.24, 2.45) is 0 Å². The van der Waals surface area contributed by atoms with Crippen molar-refractivity contribution in [3.8, 4) is 0 Å². The Balaban J connectivity index is 2.01. The van der Waals surface area contributed by atoms with E-state index in [0.717, 1.165) is 5.56 Å². The minimum absolute atomic E-state index is 0.135. The molecular weight excluding hydrogens is 220 g/mol. The molecule has 0 atom stereocenters. The van der Waals surface area contributed by atoms with Crippen molar-refractivity contribution in [3.05, 3.63) is 52.2 Å². The zero-order valence-corrected chi connectivity index (χ0v) is 9.46. The number of nitrogens with one attached hydrogen (secondary N) is 1. The summed E-state index contributed by atoms with van der Waals surface area (Å²) in [5, 5.41) is 6.82. The predicted octanol–water partition coefficient (Wildman–Crippen LogP) is 2.26. The zero-order valence-electron chi connectivity index (χ0n) is 8.64. The summed E-state index contributed by atoms with van der Waals surface area (Å²) in [6.07, 6.45) is 0. The molecule has 0 spiro atoms. The van der Waals surface area contributed by atoms with Crippen LogP contribution in [0.4, 0.5) is 5.69 Å². The lowest BCUT2D eigenvalue weighted by Gasteiger charge is -2.06. The van der Waals surface area contributed by atoms with Gasteiger partial charge < -0.3 is 11.1 Å². The first-order valence-electron chi connectivity index (χ1n) is 4.91. The molecule has 0 saturated heterocycles. The summed E-state index contributed by atoms with van der Waals surface area (Å²) in [6.45, 7) is 0.538. The number of benzene rings is 1. The Labute approximate surface area is 97.9 Å². The summed E-state index contributed by atoms with van der Waals surface area (Å²) in [7, 11) is 0. The Morgan fingerprint density at radius 1 is 1.31 bits per heavy atom. The van der Waals surface area contributed by atoms with E-state index in [1.54, 1.807) is 29.5 Å². The van der Waals surface area contributed by atoms with E-state index >= 15 is 0 Å². The third kappa shape index (κ3) is 2.41. The Morgan fingerprint density at radius 2 is 2.12 bits per heavy atom. The summed E-state index contributed by atoms with van der Waals surface area (Å²) >= 11 is 1.61. The van der Waals surface area contributed by atoms with Crippen molar-refractivity contribution in [3.63, 3.8) is 0 Å². The third-order valence-electron chi connectivity index (χ3n) is 2.24. The molecule has 0 aliphatic rings. The smallest absolute Gasteiger partial charge is 0.253 e. The van der Waals surface area contributed by atoms with E-state index in [1.807, 2.05) is 22.9 Å². The first kappa shape index (κ1) is 10.7. The minimum atomic E-state index is -0.135. The number of para-hydroxylation sites is 1. The van der Waals surface area contributed by atoms with E-state index in [-0.39, 0.29) is 5.91 Å². The largest absolute Gasteiger partial charge is 0.398 e. The molecule has 16 heavy (non-hydrogen) atoms. The number of carbonyl (C=O) groups excluding carboxylic acids is 1. The quantitative estimate of drug-likeness (QED) is 0.797. The first-order chi connectivity index (χ1) is 7.77. The van der Waals surface area contributed by atoms with Gasteiger partial charge in [0, 0.05) is 12.2 Å². The number of rotatable bonds is 3. The molecule has 1 aromatic heterocycles. The van der Waals surface area contributed by atoms with Gasteiger partial charge in [0.05, 0.1) is 5.56 Å². The van der Waals surface area contributed by atoms with Gasteiger partial charge in [-0.05, 0) is 34.5 Å². The lowest BCUT2D eigenvalue weighted by atomic mass is 10.1. The highest BCUT2D eigenvalue weighted by molar-refractivity contribution is 7.07. The lowest BCUT2D eigenvalue weighted by molar-refractivity contribution is 0.0952. The second-order valence-electron chi connectivity index (χ2n) is 3.40.